The SMILES string of the molecule is CCC(CO)NC(=O)c1ncccc1C(=O)O. The molecule has 0 aromatic carbocycles. The van der Waals surface area contributed by atoms with Gasteiger partial charge in [-0.2, -0.15) is 0 Å². The molecule has 1 amide bonds. The van der Waals surface area contributed by atoms with Crippen molar-refractivity contribution in [2.24, 2.45) is 0 Å². The van der Waals surface area contributed by atoms with Gasteiger partial charge in [0, 0.05) is 6.20 Å². The van der Waals surface area contributed by atoms with E-state index in [-0.39, 0.29) is 17.9 Å². The van der Waals surface area contributed by atoms with E-state index in [0.29, 0.717) is 6.42 Å². The Balaban J connectivity index is 2.92. The summed E-state index contributed by atoms with van der Waals surface area (Å²) in [5.41, 5.74) is -0.301. The number of nitrogens with one attached hydrogen (secondary N) is 1. The second-order valence-corrected chi connectivity index (χ2v) is 3.47. The smallest absolute Gasteiger partial charge is 0.338 e. The summed E-state index contributed by atoms with van der Waals surface area (Å²) in [6.07, 6.45) is 1.90. The Morgan fingerprint density at radius 1 is 1.53 bits per heavy atom. The van der Waals surface area contributed by atoms with E-state index in [0.717, 1.165) is 0 Å². The van der Waals surface area contributed by atoms with Crippen molar-refractivity contribution in [3.05, 3.63) is 29.6 Å². The van der Waals surface area contributed by atoms with Crippen LogP contribution in [0.4, 0.5) is 0 Å². The quantitative estimate of drug-likeness (QED) is 0.684. The zero-order valence-electron chi connectivity index (χ0n) is 9.38. The largest absolute Gasteiger partial charge is 0.478 e. The number of carbonyl (C=O) groups excluding carboxylic acids is 1. The lowest BCUT2D eigenvalue weighted by Crippen LogP contribution is -2.38. The molecule has 0 fully saturated rings. The third-order valence-electron chi connectivity index (χ3n) is 2.30. The molecule has 1 rings (SSSR count). The van der Waals surface area contributed by atoms with Crippen molar-refractivity contribution in [1.82, 2.24) is 10.3 Å². The van der Waals surface area contributed by atoms with Gasteiger partial charge in [0.2, 0.25) is 0 Å². The van der Waals surface area contributed by atoms with Crippen molar-refractivity contribution in [2.45, 2.75) is 19.4 Å². The summed E-state index contributed by atoms with van der Waals surface area (Å²) in [5.74, 6) is -1.80. The van der Waals surface area contributed by atoms with E-state index in [9.17, 15) is 9.59 Å². The van der Waals surface area contributed by atoms with Gasteiger partial charge in [0.05, 0.1) is 18.2 Å². The molecule has 1 aromatic heterocycles. The normalized spacial score (nSPS) is 11.9. The third kappa shape index (κ3) is 3.25. The number of hydrogen-bond donors (Lipinski definition) is 3. The summed E-state index contributed by atoms with van der Waals surface area (Å²) in [4.78, 5) is 26.4. The summed E-state index contributed by atoms with van der Waals surface area (Å²) in [7, 11) is 0. The molecule has 0 aliphatic carbocycles. The van der Waals surface area contributed by atoms with Gasteiger partial charge in [-0.05, 0) is 18.6 Å². The molecule has 0 aliphatic rings. The van der Waals surface area contributed by atoms with E-state index >= 15 is 0 Å². The summed E-state index contributed by atoms with van der Waals surface area (Å²) >= 11 is 0. The van der Waals surface area contributed by atoms with Crippen molar-refractivity contribution in [1.29, 1.82) is 0 Å². The molecule has 0 bridgehead atoms. The molecular weight excluding hydrogens is 224 g/mol. The summed E-state index contributed by atoms with van der Waals surface area (Å²) < 4.78 is 0. The fourth-order valence-corrected chi connectivity index (χ4v) is 1.29. The number of carboxylic acids is 1. The van der Waals surface area contributed by atoms with Gasteiger partial charge in [-0.25, -0.2) is 4.79 Å². The van der Waals surface area contributed by atoms with E-state index < -0.39 is 17.9 Å². The van der Waals surface area contributed by atoms with Crippen molar-refractivity contribution in [3.63, 3.8) is 0 Å². The Kier molecular flexibility index (Phi) is 4.59. The highest BCUT2D eigenvalue weighted by Crippen LogP contribution is 2.06. The molecule has 1 atom stereocenters. The van der Waals surface area contributed by atoms with Crippen LogP contribution in [-0.4, -0.2) is 39.7 Å². The maximum absolute atomic E-state index is 11.8. The first kappa shape index (κ1) is 13.1. The van der Waals surface area contributed by atoms with Gasteiger partial charge in [0.25, 0.3) is 5.91 Å². The van der Waals surface area contributed by atoms with E-state index in [4.69, 9.17) is 10.2 Å². The van der Waals surface area contributed by atoms with Crippen LogP contribution in [0.1, 0.15) is 34.2 Å². The lowest BCUT2D eigenvalue weighted by Gasteiger charge is -2.14. The Morgan fingerprint density at radius 3 is 2.76 bits per heavy atom. The van der Waals surface area contributed by atoms with Crippen molar-refractivity contribution < 1.29 is 19.8 Å². The Morgan fingerprint density at radius 2 is 2.24 bits per heavy atom. The zero-order chi connectivity index (χ0) is 12.8. The molecular formula is C11H14N2O4. The topological polar surface area (TPSA) is 99.5 Å². The first-order chi connectivity index (χ1) is 8.10. The van der Waals surface area contributed by atoms with E-state index in [2.05, 4.69) is 10.3 Å². The van der Waals surface area contributed by atoms with Gasteiger partial charge in [-0.1, -0.05) is 6.92 Å². The highest BCUT2D eigenvalue weighted by Gasteiger charge is 2.19. The predicted molar refractivity (Wildman–Crippen MR) is 59.8 cm³/mol. The number of pyridine rings is 1. The van der Waals surface area contributed by atoms with Crippen LogP contribution in [0, 0.1) is 0 Å². The molecule has 17 heavy (non-hydrogen) atoms. The highest BCUT2D eigenvalue weighted by atomic mass is 16.4. The molecule has 92 valence electrons. The predicted octanol–water partition coefficient (Wildman–Crippen LogP) is 0.280. The molecule has 6 nitrogen and oxygen atoms in total. The van der Waals surface area contributed by atoms with Gasteiger partial charge < -0.3 is 15.5 Å². The average Bonchev–Trinajstić information content (AvgIpc) is 2.35. The monoisotopic (exact) mass is 238 g/mol. The number of aromatic nitrogens is 1. The van der Waals surface area contributed by atoms with Crippen molar-refractivity contribution in [3.8, 4) is 0 Å². The fourth-order valence-electron chi connectivity index (χ4n) is 1.29. The minimum atomic E-state index is -1.21. The molecule has 3 N–H and O–H groups in total. The first-order valence-corrected chi connectivity index (χ1v) is 5.20. The van der Waals surface area contributed by atoms with E-state index in [1.54, 1.807) is 6.92 Å². The third-order valence-corrected chi connectivity index (χ3v) is 2.30. The van der Waals surface area contributed by atoms with Crippen LogP contribution >= 0.6 is 0 Å². The van der Waals surface area contributed by atoms with Crippen LogP contribution in [0.2, 0.25) is 0 Å². The van der Waals surface area contributed by atoms with E-state index in [1.807, 2.05) is 0 Å². The van der Waals surface area contributed by atoms with Crippen LogP contribution in [0.15, 0.2) is 18.3 Å². The maximum atomic E-state index is 11.8. The summed E-state index contributed by atoms with van der Waals surface area (Å²) in [6, 6.07) is 2.36. The van der Waals surface area contributed by atoms with E-state index in [1.165, 1.54) is 18.3 Å². The number of aliphatic hydroxyl groups is 1. The van der Waals surface area contributed by atoms with Crippen molar-refractivity contribution in [2.75, 3.05) is 6.61 Å². The number of nitrogens with zero attached hydrogens (tertiary/aromatic N) is 1. The molecule has 0 spiro atoms. The number of rotatable bonds is 5. The second-order valence-electron chi connectivity index (χ2n) is 3.47. The Labute approximate surface area is 98.3 Å². The number of aliphatic hydroxyl groups excluding tert-OH is 1. The number of amides is 1. The van der Waals surface area contributed by atoms with Gasteiger partial charge in [0.15, 0.2) is 0 Å². The van der Waals surface area contributed by atoms with Gasteiger partial charge in [-0.3, -0.25) is 9.78 Å². The number of aromatic carboxylic acids is 1. The van der Waals surface area contributed by atoms with Crippen LogP contribution < -0.4 is 5.32 Å². The fraction of sp³-hybridized carbons (Fsp3) is 0.364. The lowest BCUT2D eigenvalue weighted by molar-refractivity contribution is 0.0689. The van der Waals surface area contributed by atoms with Gasteiger partial charge in [0.1, 0.15) is 5.69 Å². The number of carboxylic acid groups (broad SMARTS) is 1. The van der Waals surface area contributed by atoms with Crippen LogP contribution in [-0.2, 0) is 0 Å². The minimum Gasteiger partial charge on any atom is -0.478 e. The number of hydrogen-bond acceptors (Lipinski definition) is 4. The molecule has 0 radical (unpaired) electrons. The lowest BCUT2D eigenvalue weighted by atomic mass is 10.1. The highest BCUT2D eigenvalue weighted by molar-refractivity contribution is 6.03. The van der Waals surface area contributed by atoms with Gasteiger partial charge >= 0.3 is 5.97 Å². The Bertz CT molecular complexity index is 416. The van der Waals surface area contributed by atoms with Crippen LogP contribution in [0.5, 0.6) is 0 Å². The Hall–Kier alpha value is -1.95. The van der Waals surface area contributed by atoms with Crippen molar-refractivity contribution >= 4 is 11.9 Å². The number of carbonyl (C=O) groups is 2. The maximum Gasteiger partial charge on any atom is 0.338 e. The molecule has 0 saturated carbocycles. The zero-order valence-corrected chi connectivity index (χ0v) is 9.38. The molecule has 0 aliphatic heterocycles. The van der Waals surface area contributed by atoms with Crippen LogP contribution in [0.25, 0.3) is 0 Å². The van der Waals surface area contributed by atoms with Crippen LogP contribution in [0.3, 0.4) is 0 Å². The molecule has 6 heteroatoms. The summed E-state index contributed by atoms with van der Waals surface area (Å²) in [5, 5.41) is 20.4. The molecule has 1 heterocycles. The average molecular weight is 238 g/mol. The standard InChI is InChI=1S/C11H14N2O4/c1-2-7(6-14)13-10(15)9-8(11(16)17)4-3-5-12-9/h3-5,7,14H,2,6H2,1H3,(H,13,15)(H,16,17). The molecule has 0 saturated heterocycles. The molecule has 1 unspecified atom stereocenters. The first-order valence-electron chi connectivity index (χ1n) is 5.20. The minimum absolute atomic E-state index is 0.146. The molecule has 1 aromatic rings. The van der Waals surface area contributed by atoms with Gasteiger partial charge in [-0.15, -0.1) is 0 Å². The second kappa shape index (κ2) is 5.95. The summed E-state index contributed by atoms with van der Waals surface area (Å²) in [6.45, 7) is 1.61.